The van der Waals surface area contributed by atoms with Gasteiger partial charge in [-0.15, -0.1) is 0 Å². The van der Waals surface area contributed by atoms with Gasteiger partial charge in [-0.1, -0.05) is 13.8 Å². The van der Waals surface area contributed by atoms with E-state index >= 15 is 0 Å². The fourth-order valence-electron chi connectivity index (χ4n) is 1.87. The van der Waals surface area contributed by atoms with Crippen LogP contribution in [0.15, 0.2) is 30.3 Å². The first-order valence-corrected chi connectivity index (χ1v) is 7.15. The summed E-state index contributed by atoms with van der Waals surface area (Å²) in [6, 6.07) is 8.04. The first-order chi connectivity index (χ1) is 10.0. The lowest BCUT2D eigenvalue weighted by molar-refractivity contribution is 0.606. The van der Waals surface area contributed by atoms with Crippen molar-refractivity contribution in [3.63, 3.8) is 0 Å². The van der Waals surface area contributed by atoms with E-state index in [9.17, 15) is 4.39 Å². The summed E-state index contributed by atoms with van der Waals surface area (Å²) in [6.07, 6.45) is 1.09. The third-order valence-electron chi connectivity index (χ3n) is 2.98. The SMILES string of the molecule is Cc1cc(NCCC(C)C)nc(Nc2ccc(F)cc2)n1. The summed E-state index contributed by atoms with van der Waals surface area (Å²) >= 11 is 0. The van der Waals surface area contributed by atoms with Crippen molar-refractivity contribution in [3.8, 4) is 0 Å². The molecule has 1 aromatic heterocycles. The van der Waals surface area contributed by atoms with E-state index in [2.05, 4.69) is 34.4 Å². The summed E-state index contributed by atoms with van der Waals surface area (Å²) in [7, 11) is 0. The number of hydrogen-bond donors (Lipinski definition) is 2. The van der Waals surface area contributed by atoms with E-state index in [1.807, 2.05) is 13.0 Å². The fraction of sp³-hybridized carbons (Fsp3) is 0.375. The molecule has 0 saturated heterocycles. The molecule has 112 valence electrons. The summed E-state index contributed by atoms with van der Waals surface area (Å²) in [5.41, 5.74) is 1.64. The summed E-state index contributed by atoms with van der Waals surface area (Å²) in [6.45, 7) is 7.18. The minimum atomic E-state index is -0.262. The molecular weight excluding hydrogens is 267 g/mol. The van der Waals surface area contributed by atoms with Crippen molar-refractivity contribution >= 4 is 17.5 Å². The van der Waals surface area contributed by atoms with Gasteiger partial charge in [-0.2, -0.15) is 4.98 Å². The number of halogens is 1. The van der Waals surface area contributed by atoms with Crippen molar-refractivity contribution in [1.29, 1.82) is 0 Å². The number of nitrogens with one attached hydrogen (secondary N) is 2. The first-order valence-electron chi connectivity index (χ1n) is 7.15. The van der Waals surface area contributed by atoms with Gasteiger partial charge in [0.1, 0.15) is 11.6 Å². The van der Waals surface area contributed by atoms with Gasteiger partial charge in [0.2, 0.25) is 5.95 Å². The second-order valence-corrected chi connectivity index (χ2v) is 5.46. The van der Waals surface area contributed by atoms with E-state index in [0.29, 0.717) is 11.9 Å². The smallest absolute Gasteiger partial charge is 0.229 e. The van der Waals surface area contributed by atoms with Gasteiger partial charge < -0.3 is 10.6 Å². The van der Waals surface area contributed by atoms with E-state index in [-0.39, 0.29) is 5.82 Å². The third-order valence-corrected chi connectivity index (χ3v) is 2.98. The summed E-state index contributed by atoms with van der Waals surface area (Å²) in [5, 5.41) is 6.38. The number of nitrogens with zero attached hydrogens (tertiary/aromatic N) is 2. The molecule has 1 aromatic carbocycles. The van der Waals surface area contributed by atoms with Crippen LogP contribution in [0.2, 0.25) is 0 Å². The first kappa shape index (κ1) is 15.2. The molecule has 0 unspecified atom stereocenters. The molecule has 0 fully saturated rings. The number of benzene rings is 1. The fourth-order valence-corrected chi connectivity index (χ4v) is 1.87. The number of rotatable bonds is 6. The minimum Gasteiger partial charge on any atom is -0.370 e. The van der Waals surface area contributed by atoms with E-state index in [1.165, 1.54) is 12.1 Å². The van der Waals surface area contributed by atoms with Gasteiger partial charge in [0.15, 0.2) is 0 Å². The molecule has 0 radical (unpaired) electrons. The van der Waals surface area contributed by atoms with Gasteiger partial charge in [0.25, 0.3) is 0 Å². The van der Waals surface area contributed by atoms with Crippen LogP contribution < -0.4 is 10.6 Å². The van der Waals surface area contributed by atoms with Crippen LogP contribution in [0.1, 0.15) is 26.0 Å². The van der Waals surface area contributed by atoms with Crippen LogP contribution in [0.4, 0.5) is 21.8 Å². The van der Waals surface area contributed by atoms with Crippen LogP contribution in [0.25, 0.3) is 0 Å². The average Bonchev–Trinajstić information content (AvgIpc) is 2.40. The zero-order valence-electron chi connectivity index (χ0n) is 12.7. The molecule has 0 atom stereocenters. The number of aromatic nitrogens is 2. The quantitative estimate of drug-likeness (QED) is 0.839. The van der Waals surface area contributed by atoms with Crippen LogP contribution in [-0.4, -0.2) is 16.5 Å². The summed E-state index contributed by atoms with van der Waals surface area (Å²) in [4.78, 5) is 8.76. The molecule has 4 nitrogen and oxygen atoms in total. The Morgan fingerprint density at radius 2 is 1.86 bits per heavy atom. The van der Waals surface area contributed by atoms with E-state index in [0.717, 1.165) is 30.2 Å². The van der Waals surface area contributed by atoms with Crippen LogP contribution in [0, 0.1) is 18.7 Å². The molecule has 0 spiro atoms. The van der Waals surface area contributed by atoms with Crippen LogP contribution in [-0.2, 0) is 0 Å². The molecule has 1 heterocycles. The largest absolute Gasteiger partial charge is 0.370 e. The van der Waals surface area contributed by atoms with Crippen LogP contribution in [0.3, 0.4) is 0 Å². The van der Waals surface area contributed by atoms with Crippen molar-refractivity contribution in [2.45, 2.75) is 27.2 Å². The maximum atomic E-state index is 12.9. The Hall–Kier alpha value is -2.17. The molecule has 2 N–H and O–H groups in total. The molecule has 21 heavy (non-hydrogen) atoms. The minimum absolute atomic E-state index is 0.262. The molecule has 0 bridgehead atoms. The monoisotopic (exact) mass is 288 g/mol. The standard InChI is InChI=1S/C16H21FN4/c1-11(2)8-9-18-15-10-12(3)19-16(21-15)20-14-6-4-13(17)5-7-14/h4-7,10-11H,8-9H2,1-3H3,(H2,18,19,20,21). The zero-order valence-corrected chi connectivity index (χ0v) is 12.7. The second-order valence-electron chi connectivity index (χ2n) is 5.46. The number of hydrogen-bond acceptors (Lipinski definition) is 4. The second kappa shape index (κ2) is 7.02. The predicted molar refractivity (Wildman–Crippen MR) is 84.4 cm³/mol. The summed E-state index contributed by atoms with van der Waals surface area (Å²) < 4.78 is 12.9. The Bertz CT molecular complexity index is 581. The molecule has 0 aliphatic rings. The van der Waals surface area contributed by atoms with Gasteiger partial charge in [-0.3, -0.25) is 0 Å². The lowest BCUT2D eigenvalue weighted by Crippen LogP contribution is -2.08. The molecule has 2 rings (SSSR count). The van der Waals surface area contributed by atoms with E-state index < -0.39 is 0 Å². The number of aryl methyl sites for hydroxylation is 1. The van der Waals surface area contributed by atoms with Crippen molar-refractivity contribution in [2.75, 3.05) is 17.2 Å². The highest BCUT2D eigenvalue weighted by molar-refractivity contribution is 5.55. The molecule has 0 aliphatic heterocycles. The molecule has 0 saturated carbocycles. The highest BCUT2D eigenvalue weighted by Crippen LogP contribution is 2.16. The van der Waals surface area contributed by atoms with Crippen molar-refractivity contribution in [1.82, 2.24) is 9.97 Å². The van der Waals surface area contributed by atoms with Crippen molar-refractivity contribution < 1.29 is 4.39 Å². The Labute approximate surface area is 124 Å². The topological polar surface area (TPSA) is 49.8 Å². The van der Waals surface area contributed by atoms with Crippen molar-refractivity contribution in [2.24, 2.45) is 5.92 Å². The van der Waals surface area contributed by atoms with Crippen LogP contribution >= 0.6 is 0 Å². The lowest BCUT2D eigenvalue weighted by atomic mass is 10.1. The Balaban J connectivity index is 2.05. The van der Waals surface area contributed by atoms with Gasteiger partial charge in [0, 0.05) is 24.0 Å². The Morgan fingerprint density at radius 3 is 2.52 bits per heavy atom. The molecule has 0 aliphatic carbocycles. The Morgan fingerprint density at radius 1 is 1.14 bits per heavy atom. The summed E-state index contributed by atoms with van der Waals surface area (Å²) in [5.74, 6) is 1.69. The van der Waals surface area contributed by atoms with E-state index in [4.69, 9.17) is 0 Å². The Kier molecular flexibility index (Phi) is 5.09. The van der Waals surface area contributed by atoms with Gasteiger partial charge in [-0.25, -0.2) is 9.37 Å². The van der Waals surface area contributed by atoms with Crippen molar-refractivity contribution in [3.05, 3.63) is 41.8 Å². The molecule has 2 aromatic rings. The predicted octanol–water partition coefficient (Wildman–Crippen LogP) is 4.13. The molecular formula is C16H21FN4. The lowest BCUT2D eigenvalue weighted by Gasteiger charge is -2.11. The number of anilines is 3. The maximum absolute atomic E-state index is 12.9. The van der Waals surface area contributed by atoms with E-state index in [1.54, 1.807) is 12.1 Å². The van der Waals surface area contributed by atoms with Gasteiger partial charge in [-0.05, 0) is 43.5 Å². The average molecular weight is 288 g/mol. The highest BCUT2D eigenvalue weighted by atomic mass is 19.1. The van der Waals surface area contributed by atoms with Gasteiger partial charge >= 0.3 is 0 Å². The third kappa shape index (κ3) is 5.02. The normalized spacial score (nSPS) is 10.7. The maximum Gasteiger partial charge on any atom is 0.229 e. The highest BCUT2D eigenvalue weighted by Gasteiger charge is 2.03. The zero-order chi connectivity index (χ0) is 15.2. The molecule has 0 amide bonds. The van der Waals surface area contributed by atoms with Crippen LogP contribution in [0.5, 0.6) is 0 Å². The van der Waals surface area contributed by atoms with Gasteiger partial charge in [0.05, 0.1) is 0 Å². The molecule has 5 heteroatoms.